The van der Waals surface area contributed by atoms with Gasteiger partial charge in [0.25, 0.3) is 0 Å². The van der Waals surface area contributed by atoms with Crippen molar-refractivity contribution in [3.05, 3.63) is 17.0 Å². The first-order chi connectivity index (χ1) is 9.40. The van der Waals surface area contributed by atoms with Gasteiger partial charge in [0.05, 0.1) is 5.92 Å². The van der Waals surface area contributed by atoms with Crippen LogP contribution in [-0.4, -0.2) is 25.5 Å². The van der Waals surface area contributed by atoms with Crippen LogP contribution in [0.15, 0.2) is 15.7 Å². The molecule has 112 valence electrons. The molecule has 0 amide bonds. The summed E-state index contributed by atoms with van der Waals surface area (Å²) in [5.41, 5.74) is 0.894. The molecular formula is C13H19NO4S2. The standard InChI is InChI=1S/C13H19NO4S2/c1-9-7-12(19-8-9)20(17,18)14-11-6-4-2-3-5-10(11)13(15)16/h7-8,10-11,14H,2-6H2,1H3,(H,15,16)/t10-,11+/m0/s1. The second-order valence-corrected chi connectivity index (χ2v) is 8.11. The van der Waals surface area contributed by atoms with Gasteiger partial charge in [0.2, 0.25) is 10.0 Å². The zero-order valence-corrected chi connectivity index (χ0v) is 13.0. The summed E-state index contributed by atoms with van der Waals surface area (Å²) in [5, 5.41) is 11.0. The molecule has 0 radical (unpaired) electrons. The van der Waals surface area contributed by atoms with Gasteiger partial charge >= 0.3 is 5.97 Å². The normalized spacial score (nSPS) is 24.2. The molecule has 2 N–H and O–H groups in total. The van der Waals surface area contributed by atoms with Gasteiger partial charge < -0.3 is 5.11 Å². The summed E-state index contributed by atoms with van der Waals surface area (Å²) in [6.45, 7) is 1.83. The van der Waals surface area contributed by atoms with Crippen LogP contribution in [0.3, 0.4) is 0 Å². The fraction of sp³-hybridized carbons (Fsp3) is 0.615. The summed E-state index contributed by atoms with van der Waals surface area (Å²) < 4.78 is 27.5. The number of aryl methyl sites for hydroxylation is 1. The highest BCUT2D eigenvalue weighted by Crippen LogP contribution is 2.26. The Morgan fingerprint density at radius 1 is 1.35 bits per heavy atom. The minimum Gasteiger partial charge on any atom is -0.481 e. The van der Waals surface area contributed by atoms with Crippen LogP contribution in [0.1, 0.15) is 37.7 Å². The Bertz CT molecular complexity index is 579. The molecule has 2 rings (SSSR count). The first-order valence-corrected chi connectivity index (χ1v) is 9.07. The van der Waals surface area contributed by atoms with Crippen LogP contribution in [0.2, 0.25) is 0 Å². The molecular weight excluding hydrogens is 298 g/mol. The van der Waals surface area contributed by atoms with E-state index in [9.17, 15) is 18.3 Å². The Morgan fingerprint density at radius 2 is 2.05 bits per heavy atom. The zero-order chi connectivity index (χ0) is 14.8. The smallest absolute Gasteiger partial charge is 0.308 e. The van der Waals surface area contributed by atoms with Crippen molar-refractivity contribution in [3.63, 3.8) is 0 Å². The maximum atomic E-state index is 12.3. The van der Waals surface area contributed by atoms with E-state index in [1.165, 1.54) is 0 Å². The van der Waals surface area contributed by atoms with Crippen molar-refractivity contribution in [2.45, 2.75) is 49.3 Å². The summed E-state index contributed by atoms with van der Waals surface area (Å²) in [6.07, 6.45) is 3.78. The van der Waals surface area contributed by atoms with E-state index in [2.05, 4.69) is 4.72 Å². The number of nitrogens with one attached hydrogen (secondary N) is 1. The molecule has 2 atom stereocenters. The van der Waals surface area contributed by atoms with Crippen LogP contribution in [0, 0.1) is 12.8 Å². The van der Waals surface area contributed by atoms with Crippen molar-refractivity contribution in [2.24, 2.45) is 5.92 Å². The average Bonchev–Trinajstić information content (AvgIpc) is 2.67. The zero-order valence-electron chi connectivity index (χ0n) is 11.3. The molecule has 0 aliphatic heterocycles. The van der Waals surface area contributed by atoms with Gasteiger partial charge in [-0.25, -0.2) is 13.1 Å². The second kappa shape index (κ2) is 6.24. The molecule has 1 aromatic heterocycles. The van der Waals surface area contributed by atoms with E-state index in [-0.39, 0.29) is 4.21 Å². The molecule has 1 saturated carbocycles. The van der Waals surface area contributed by atoms with Crippen molar-refractivity contribution in [2.75, 3.05) is 0 Å². The lowest BCUT2D eigenvalue weighted by Crippen LogP contribution is -2.42. The molecule has 1 fully saturated rings. The molecule has 0 aromatic carbocycles. The maximum Gasteiger partial charge on any atom is 0.308 e. The fourth-order valence-electron chi connectivity index (χ4n) is 2.55. The quantitative estimate of drug-likeness (QED) is 0.835. The molecule has 0 spiro atoms. The molecule has 0 bridgehead atoms. The third kappa shape index (κ3) is 3.59. The molecule has 5 nitrogen and oxygen atoms in total. The fourth-order valence-corrected chi connectivity index (χ4v) is 5.10. The maximum absolute atomic E-state index is 12.3. The number of hydrogen-bond donors (Lipinski definition) is 2. The highest BCUT2D eigenvalue weighted by atomic mass is 32.2. The van der Waals surface area contributed by atoms with Crippen LogP contribution in [0.4, 0.5) is 0 Å². The number of sulfonamides is 1. The summed E-state index contributed by atoms with van der Waals surface area (Å²) in [4.78, 5) is 11.3. The summed E-state index contributed by atoms with van der Waals surface area (Å²) in [5.74, 6) is -1.55. The molecule has 0 unspecified atom stereocenters. The number of thiophene rings is 1. The Hall–Kier alpha value is -0.920. The third-order valence-electron chi connectivity index (χ3n) is 3.61. The van der Waals surface area contributed by atoms with Crippen molar-refractivity contribution >= 4 is 27.3 Å². The monoisotopic (exact) mass is 317 g/mol. The molecule has 0 saturated heterocycles. The lowest BCUT2D eigenvalue weighted by Gasteiger charge is -2.22. The minimum absolute atomic E-state index is 0.253. The Morgan fingerprint density at radius 3 is 2.65 bits per heavy atom. The summed E-state index contributed by atoms with van der Waals surface area (Å²) in [6, 6.07) is 1.10. The SMILES string of the molecule is Cc1csc(S(=O)(=O)N[C@@H]2CCCCC[C@@H]2C(=O)O)c1. The molecule has 1 aliphatic carbocycles. The van der Waals surface area contributed by atoms with E-state index < -0.39 is 28.0 Å². The summed E-state index contributed by atoms with van der Waals surface area (Å²) >= 11 is 1.16. The van der Waals surface area contributed by atoms with Crippen LogP contribution in [0.25, 0.3) is 0 Å². The molecule has 1 aliphatic rings. The number of carbonyl (C=O) groups is 1. The van der Waals surface area contributed by atoms with E-state index in [4.69, 9.17) is 0 Å². The number of carboxylic acid groups (broad SMARTS) is 1. The first kappa shape index (κ1) is 15.5. The molecule has 20 heavy (non-hydrogen) atoms. The van der Waals surface area contributed by atoms with Gasteiger partial charge in [-0.15, -0.1) is 11.3 Å². The molecule has 1 aromatic rings. The van der Waals surface area contributed by atoms with Crippen LogP contribution < -0.4 is 4.72 Å². The van der Waals surface area contributed by atoms with Crippen LogP contribution in [0.5, 0.6) is 0 Å². The predicted molar refractivity (Wildman–Crippen MR) is 77.4 cm³/mol. The van der Waals surface area contributed by atoms with E-state index >= 15 is 0 Å². The largest absolute Gasteiger partial charge is 0.481 e. The Kier molecular flexibility index (Phi) is 4.82. The predicted octanol–water partition coefficient (Wildman–Crippen LogP) is 2.37. The highest BCUT2D eigenvalue weighted by molar-refractivity contribution is 7.91. The second-order valence-electron chi connectivity index (χ2n) is 5.25. The highest BCUT2D eigenvalue weighted by Gasteiger charge is 2.33. The minimum atomic E-state index is -3.62. The van der Waals surface area contributed by atoms with Gasteiger partial charge in [-0.05, 0) is 36.8 Å². The number of carboxylic acids is 1. The summed E-state index contributed by atoms with van der Waals surface area (Å²) in [7, 11) is -3.62. The number of aliphatic carboxylic acids is 1. The van der Waals surface area contributed by atoms with Gasteiger partial charge in [-0.3, -0.25) is 4.79 Å². The van der Waals surface area contributed by atoms with Crippen molar-refractivity contribution in [3.8, 4) is 0 Å². The van der Waals surface area contributed by atoms with E-state index in [0.717, 1.165) is 36.2 Å². The average molecular weight is 317 g/mol. The molecule has 1 heterocycles. The van der Waals surface area contributed by atoms with Crippen LogP contribution in [-0.2, 0) is 14.8 Å². The van der Waals surface area contributed by atoms with E-state index in [0.29, 0.717) is 12.8 Å². The van der Waals surface area contributed by atoms with Gasteiger partial charge in [-0.2, -0.15) is 0 Å². The van der Waals surface area contributed by atoms with Gasteiger partial charge in [-0.1, -0.05) is 19.3 Å². The third-order valence-corrected chi connectivity index (χ3v) is 6.66. The van der Waals surface area contributed by atoms with Gasteiger partial charge in [0.1, 0.15) is 4.21 Å². The Balaban J connectivity index is 2.19. The van der Waals surface area contributed by atoms with E-state index in [1.54, 1.807) is 11.4 Å². The van der Waals surface area contributed by atoms with Crippen molar-refractivity contribution in [1.29, 1.82) is 0 Å². The number of rotatable bonds is 4. The van der Waals surface area contributed by atoms with Crippen LogP contribution >= 0.6 is 11.3 Å². The Labute approximate surface area is 123 Å². The molecule has 7 heteroatoms. The topological polar surface area (TPSA) is 83.5 Å². The lowest BCUT2D eigenvalue weighted by molar-refractivity contribution is -0.142. The van der Waals surface area contributed by atoms with E-state index in [1.807, 2.05) is 6.92 Å². The van der Waals surface area contributed by atoms with Crippen molar-refractivity contribution < 1.29 is 18.3 Å². The van der Waals surface area contributed by atoms with Gasteiger partial charge in [0.15, 0.2) is 0 Å². The van der Waals surface area contributed by atoms with Gasteiger partial charge in [0, 0.05) is 6.04 Å². The first-order valence-electron chi connectivity index (χ1n) is 6.70. The van der Waals surface area contributed by atoms with Crippen molar-refractivity contribution in [1.82, 2.24) is 4.72 Å². The lowest BCUT2D eigenvalue weighted by atomic mass is 9.96. The number of hydrogen-bond acceptors (Lipinski definition) is 4.